The summed E-state index contributed by atoms with van der Waals surface area (Å²) in [6.07, 6.45) is 0.770. The first-order valence-corrected chi connectivity index (χ1v) is 6.31. The predicted octanol–water partition coefficient (Wildman–Crippen LogP) is 2.51. The zero-order valence-corrected chi connectivity index (χ0v) is 11.2. The lowest BCUT2D eigenvalue weighted by Crippen LogP contribution is -2.16. The molecule has 4 heteroatoms. The Morgan fingerprint density at radius 2 is 2.06 bits per heavy atom. The molecule has 1 aromatic carbocycles. The van der Waals surface area contributed by atoms with Crippen molar-refractivity contribution in [2.24, 2.45) is 0 Å². The van der Waals surface area contributed by atoms with Gasteiger partial charge in [-0.1, -0.05) is 24.6 Å². The number of rotatable bonds is 5. The first-order chi connectivity index (χ1) is 8.70. The maximum Gasteiger partial charge on any atom is 0.247 e. The van der Waals surface area contributed by atoms with Gasteiger partial charge in [0.2, 0.25) is 11.8 Å². The number of aromatic nitrogens is 2. The fraction of sp³-hybridized carbons (Fsp3) is 0.429. The summed E-state index contributed by atoms with van der Waals surface area (Å²) in [5.41, 5.74) is 3.42. The molecule has 0 amide bonds. The molecule has 1 N–H and O–H groups in total. The predicted molar refractivity (Wildman–Crippen MR) is 71.5 cm³/mol. The molecule has 1 heterocycles. The SMILES string of the molecule is CCNCCc1nnc(-c2ccc(C)cc2C)o1. The van der Waals surface area contributed by atoms with E-state index in [0.717, 1.165) is 30.6 Å². The monoisotopic (exact) mass is 245 g/mol. The third kappa shape index (κ3) is 2.96. The van der Waals surface area contributed by atoms with Crippen molar-refractivity contribution in [3.63, 3.8) is 0 Å². The second-order valence-electron chi connectivity index (χ2n) is 4.42. The van der Waals surface area contributed by atoms with Gasteiger partial charge in [-0.3, -0.25) is 0 Å². The average Bonchev–Trinajstić information content (AvgIpc) is 2.78. The highest BCUT2D eigenvalue weighted by Gasteiger charge is 2.10. The molecular formula is C14H19N3O. The molecule has 0 bridgehead atoms. The van der Waals surface area contributed by atoms with Gasteiger partial charge in [-0.2, -0.15) is 0 Å². The molecule has 0 fully saturated rings. The second-order valence-corrected chi connectivity index (χ2v) is 4.42. The molecule has 0 aliphatic rings. The zero-order valence-electron chi connectivity index (χ0n) is 11.2. The van der Waals surface area contributed by atoms with Crippen molar-refractivity contribution in [3.8, 4) is 11.5 Å². The Morgan fingerprint density at radius 1 is 1.22 bits per heavy atom. The van der Waals surface area contributed by atoms with E-state index in [4.69, 9.17) is 4.42 Å². The van der Waals surface area contributed by atoms with E-state index in [1.54, 1.807) is 0 Å². The van der Waals surface area contributed by atoms with Crippen molar-refractivity contribution in [3.05, 3.63) is 35.2 Å². The molecule has 0 aliphatic carbocycles. The van der Waals surface area contributed by atoms with Crippen LogP contribution in [0.15, 0.2) is 22.6 Å². The van der Waals surface area contributed by atoms with Crippen LogP contribution in [0.1, 0.15) is 23.9 Å². The topological polar surface area (TPSA) is 51.0 Å². The minimum atomic E-state index is 0.610. The highest BCUT2D eigenvalue weighted by molar-refractivity contribution is 5.58. The van der Waals surface area contributed by atoms with Crippen LogP contribution in [0.4, 0.5) is 0 Å². The second kappa shape index (κ2) is 5.78. The van der Waals surface area contributed by atoms with E-state index < -0.39 is 0 Å². The number of nitrogens with one attached hydrogen (secondary N) is 1. The van der Waals surface area contributed by atoms with Gasteiger partial charge in [0.25, 0.3) is 0 Å². The first kappa shape index (κ1) is 12.8. The van der Waals surface area contributed by atoms with Crippen LogP contribution in [-0.4, -0.2) is 23.3 Å². The maximum absolute atomic E-state index is 5.67. The Kier molecular flexibility index (Phi) is 4.10. The summed E-state index contributed by atoms with van der Waals surface area (Å²) in [5, 5.41) is 11.4. The van der Waals surface area contributed by atoms with Gasteiger partial charge in [0.15, 0.2) is 0 Å². The molecule has 0 atom stereocenters. The zero-order chi connectivity index (χ0) is 13.0. The summed E-state index contributed by atoms with van der Waals surface area (Å²) in [5.74, 6) is 1.30. The van der Waals surface area contributed by atoms with Crippen molar-refractivity contribution in [2.75, 3.05) is 13.1 Å². The van der Waals surface area contributed by atoms with E-state index in [1.165, 1.54) is 5.56 Å². The van der Waals surface area contributed by atoms with E-state index in [0.29, 0.717) is 11.8 Å². The lowest BCUT2D eigenvalue weighted by molar-refractivity contribution is 0.496. The normalized spacial score (nSPS) is 10.8. The summed E-state index contributed by atoms with van der Waals surface area (Å²) in [4.78, 5) is 0. The fourth-order valence-corrected chi connectivity index (χ4v) is 1.89. The minimum absolute atomic E-state index is 0.610. The maximum atomic E-state index is 5.67. The number of nitrogens with zero attached hydrogens (tertiary/aromatic N) is 2. The third-order valence-electron chi connectivity index (χ3n) is 2.84. The molecule has 0 aliphatic heterocycles. The van der Waals surface area contributed by atoms with Crippen LogP contribution in [0.5, 0.6) is 0 Å². The molecule has 18 heavy (non-hydrogen) atoms. The Bertz CT molecular complexity index is 520. The Hall–Kier alpha value is -1.68. The van der Waals surface area contributed by atoms with Crippen LogP contribution < -0.4 is 5.32 Å². The van der Waals surface area contributed by atoms with E-state index in [9.17, 15) is 0 Å². The van der Waals surface area contributed by atoms with Crippen molar-refractivity contribution >= 4 is 0 Å². The van der Waals surface area contributed by atoms with Gasteiger partial charge < -0.3 is 9.73 Å². The van der Waals surface area contributed by atoms with Gasteiger partial charge in [-0.25, -0.2) is 0 Å². The summed E-state index contributed by atoms with van der Waals surface area (Å²) in [6, 6.07) is 6.22. The number of likely N-dealkylation sites (N-methyl/N-ethyl adjacent to an activating group) is 1. The van der Waals surface area contributed by atoms with Gasteiger partial charge in [0.05, 0.1) is 0 Å². The van der Waals surface area contributed by atoms with E-state index >= 15 is 0 Å². The molecule has 0 unspecified atom stereocenters. The summed E-state index contributed by atoms with van der Waals surface area (Å²) < 4.78 is 5.67. The van der Waals surface area contributed by atoms with Crippen LogP contribution in [0.25, 0.3) is 11.5 Å². The number of hydrogen-bond donors (Lipinski definition) is 1. The van der Waals surface area contributed by atoms with Gasteiger partial charge in [0.1, 0.15) is 0 Å². The lowest BCUT2D eigenvalue weighted by Gasteiger charge is -2.01. The molecule has 96 valence electrons. The Morgan fingerprint density at radius 3 is 2.78 bits per heavy atom. The van der Waals surface area contributed by atoms with Gasteiger partial charge in [0, 0.05) is 18.5 Å². The summed E-state index contributed by atoms with van der Waals surface area (Å²) >= 11 is 0. The minimum Gasteiger partial charge on any atom is -0.421 e. The molecule has 0 spiro atoms. The molecule has 0 saturated carbocycles. The molecule has 1 aromatic heterocycles. The van der Waals surface area contributed by atoms with Crippen molar-refractivity contribution in [2.45, 2.75) is 27.2 Å². The Labute approximate surface area is 107 Å². The highest BCUT2D eigenvalue weighted by atomic mass is 16.4. The number of hydrogen-bond acceptors (Lipinski definition) is 4. The van der Waals surface area contributed by atoms with E-state index in [2.05, 4.69) is 48.4 Å². The molecule has 4 nitrogen and oxygen atoms in total. The number of aryl methyl sites for hydroxylation is 2. The first-order valence-electron chi connectivity index (χ1n) is 6.31. The number of benzene rings is 1. The van der Waals surface area contributed by atoms with Crippen LogP contribution in [0.2, 0.25) is 0 Å². The van der Waals surface area contributed by atoms with Gasteiger partial charge >= 0.3 is 0 Å². The van der Waals surface area contributed by atoms with Gasteiger partial charge in [-0.15, -0.1) is 10.2 Å². The van der Waals surface area contributed by atoms with Crippen LogP contribution in [0.3, 0.4) is 0 Å². The summed E-state index contributed by atoms with van der Waals surface area (Å²) in [6.45, 7) is 8.04. The average molecular weight is 245 g/mol. The standard InChI is InChI=1S/C14H19N3O/c1-4-15-8-7-13-16-17-14(18-13)12-6-5-10(2)9-11(12)3/h5-6,9,15H,4,7-8H2,1-3H3. The molecule has 2 rings (SSSR count). The molecule has 0 radical (unpaired) electrons. The largest absolute Gasteiger partial charge is 0.421 e. The van der Waals surface area contributed by atoms with Gasteiger partial charge in [-0.05, 0) is 32.0 Å². The van der Waals surface area contributed by atoms with Crippen LogP contribution in [0, 0.1) is 13.8 Å². The fourth-order valence-electron chi connectivity index (χ4n) is 1.89. The smallest absolute Gasteiger partial charge is 0.247 e. The molecule has 2 aromatic rings. The highest BCUT2D eigenvalue weighted by Crippen LogP contribution is 2.22. The quantitative estimate of drug-likeness (QED) is 0.822. The summed E-state index contributed by atoms with van der Waals surface area (Å²) in [7, 11) is 0. The third-order valence-corrected chi connectivity index (χ3v) is 2.84. The van der Waals surface area contributed by atoms with Crippen molar-refractivity contribution in [1.82, 2.24) is 15.5 Å². The van der Waals surface area contributed by atoms with Crippen molar-refractivity contribution < 1.29 is 4.42 Å². The molecule has 0 saturated heterocycles. The van der Waals surface area contributed by atoms with E-state index in [1.807, 2.05) is 6.07 Å². The van der Waals surface area contributed by atoms with Crippen molar-refractivity contribution in [1.29, 1.82) is 0 Å². The van der Waals surface area contributed by atoms with Crippen LogP contribution >= 0.6 is 0 Å². The van der Waals surface area contributed by atoms with Crippen LogP contribution in [-0.2, 0) is 6.42 Å². The Balaban J connectivity index is 2.13. The lowest BCUT2D eigenvalue weighted by atomic mass is 10.1. The van der Waals surface area contributed by atoms with E-state index in [-0.39, 0.29) is 0 Å². The molecular weight excluding hydrogens is 226 g/mol.